The third-order valence-corrected chi connectivity index (χ3v) is 4.48. The van der Waals surface area contributed by atoms with E-state index in [2.05, 4.69) is 24.5 Å². The zero-order valence-corrected chi connectivity index (χ0v) is 17.7. The molecule has 5 heteroatoms. The highest BCUT2D eigenvalue weighted by atomic mass is 16.5. The average molecular weight is 399 g/mol. The van der Waals surface area contributed by atoms with Gasteiger partial charge in [-0.1, -0.05) is 39.5 Å². The molecule has 0 saturated carbocycles. The van der Waals surface area contributed by atoms with E-state index in [9.17, 15) is 4.79 Å². The predicted octanol–water partition coefficient (Wildman–Crippen LogP) is 5.88. The van der Waals surface area contributed by atoms with Crippen molar-refractivity contribution in [3.05, 3.63) is 48.5 Å². The van der Waals surface area contributed by atoms with Crippen LogP contribution in [0, 0.1) is 0 Å². The van der Waals surface area contributed by atoms with E-state index in [0.29, 0.717) is 0 Å². The van der Waals surface area contributed by atoms with Crippen molar-refractivity contribution >= 4 is 17.3 Å². The van der Waals surface area contributed by atoms with Gasteiger partial charge in [0.15, 0.2) is 0 Å². The first-order chi connectivity index (χ1) is 14.2. The number of benzene rings is 2. The Morgan fingerprint density at radius 1 is 0.724 bits per heavy atom. The van der Waals surface area contributed by atoms with Crippen LogP contribution in [0.15, 0.2) is 48.5 Å². The van der Waals surface area contributed by atoms with Crippen LogP contribution in [-0.4, -0.2) is 25.7 Å². The first-order valence-corrected chi connectivity index (χ1v) is 10.7. The number of carbonyl (C=O) groups excluding carboxylic acids is 1. The molecule has 0 heterocycles. The second-order valence-electron chi connectivity index (χ2n) is 7.06. The zero-order chi connectivity index (χ0) is 20.7. The molecular formula is C24H34N2O3. The van der Waals surface area contributed by atoms with E-state index >= 15 is 0 Å². The molecule has 0 radical (unpaired) electrons. The SMILES string of the molecule is CCCCCCOc1ccc(NC(=O)CNc2ccc(OCCCC)cc2)cc1. The minimum Gasteiger partial charge on any atom is -0.494 e. The Morgan fingerprint density at radius 2 is 1.28 bits per heavy atom. The minimum absolute atomic E-state index is 0.0958. The van der Waals surface area contributed by atoms with Gasteiger partial charge in [-0.3, -0.25) is 4.79 Å². The van der Waals surface area contributed by atoms with Crippen molar-refractivity contribution in [1.29, 1.82) is 0 Å². The molecule has 2 aromatic carbocycles. The molecule has 2 aromatic rings. The van der Waals surface area contributed by atoms with Gasteiger partial charge in [0.1, 0.15) is 11.5 Å². The molecule has 1 amide bonds. The third kappa shape index (κ3) is 9.37. The molecule has 2 N–H and O–H groups in total. The number of hydrogen-bond acceptors (Lipinski definition) is 4. The lowest BCUT2D eigenvalue weighted by atomic mass is 10.2. The number of anilines is 2. The Morgan fingerprint density at radius 3 is 1.86 bits per heavy atom. The summed E-state index contributed by atoms with van der Waals surface area (Å²) >= 11 is 0. The zero-order valence-electron chi connectivity index (χ0n) is 17.7. The monoisotopic (exact) mass is 398 g/mol. The van der Waals surface area contributed by atoms with Gasteiger partial charge >= 0.3 is 0 Å². The third-order valence-electron chi connectivity index (χ3n) is 4.48. The van der Waals surface area contributed by atoms with Crippen molar-refractivity contribution in [2.24, 2.45) is 0 Å². The maximum absolute atomic E-state index is 12.2. The summed E-state index contributed by atoms with van der Waals surface area (Å²) in [7, 11) is 0. The molecule has 0 aromatic heterocycles. The summed E-state index contributed by atoms with van der Waals surface area (Å²) in [6.45, 7) is 6.00. The minimum atomic E-state index is -0.0958. The summed E-state index contributed by atoms with van der Waals surface area (Å²) in [5, 5.41) is 6.01. The summed E-state index contributed by atoms with van der Waals surface area (Å²) in [5.74, 6) is 1.58. The highest BCUT2D eigenvalue weighted by Crippen LogP contribution is 2.17. The molecule has 0 spiro atoms. The predicted molar refractivity (Wildman–Crippen MR) is 120 cm³/mol. The van der Waals surface area contributed by atoms with Crippen LogP contribution in [0.3, 0.4) is 0 Å². The summed E-state index contributed by atoms with van der Waals surface area (Å²) < 4.78 is 11.4. The lowest BCUT2D eigenvalue weighted by Crippen LogP contribution is -2.21. The number of ether oxygens (including phenoxy) is 2. The second-order valence-corrected chi connectivity index (χ2v) is 7.06. The summed E-state index contributed by atoms with van der Waals surface area (Å²) in [4.78, 5) is 12.2. The number of nitrogens with one attached hydrogen (secondary N) is 2. The van der Waals surface area contributed by atoms with Crippen molar-refractivity contribution in [2.75, 3.05) is 30.4 Å². The van der Waals surface area contributed by atoms with E-state index in [1.807, 2.05) is 48.5 Å². The Bertz CT molecular complexity index is 699. The molecule has 0 aliphatic carbocycles. The highest BCUT2D eigenvalue weighted by Gasteiger charge is 2.03. The van der Waals surface area contributed by atoms with Crippen LogP contribution in [0.4, 0.5) is 11.4 Å². The molecule has 0 bridgehead atoms. The van der Waals surface area contributed by atoms with Crippen molar-refractivity contribution in [3.63, 3.8) is 0 Å². The Balaban J connectivity index is 1.68. The molecule has 2 rings (SSSR count). The maximum atomic E-state index is 12.2. The lowest BCUT2D eigenvalue weighted by molar-refractivity contribution is -0.114. The fourth-order valence-corrected chi connectivity index (χ4v) is 2.74. The number of carbonyl (C=O) groups is 1. The molecule has 0 aliphatic heterocycles. The van der Waals surface area contributed by atoms with Gasteiger partial charge in [-0.2, -0.15) is 0 Å². The van der Waals surface area contributed by atoms with Gasteiger partial charge in [0, 0.05) is 11.4 Å². The van der Waals surface area contributed by atoms with Gasteiger partial charge in [0.25, 0.3) is 0 Å². The number of rotatable bonds is 14. The Hall–Kier alpha value is -2.69. The summed E-state index contributed by atoms with van der Waals surface area (Å²) in [5.41, 5.74) is 1.64. The fraction of sp³-hybridized carbons (Fsp3) is 0.458. The van der Waals surface area contributed by atoms with Crippen molar-refractivity contribution in [1.82, 2.24) is 0 Å². The molecule has 0 aliphatic rings. The van der Waals surface area contributed by atoms with Crippen molar-refractivity contribution in [3.8, 4) is 11.5 Å². The smallest absolute Gasteiger partial charge is 0.243 e. The Labute approximate surface area is 174 Å². The van der Waals surface area contributed by atoms with E-state index in [0.717, 1.165) is 55.4 Å². The quantitative estimate of drug-likeness (QED) is 0.390. The molecule has 5 nitrogen and oxygen atoms in total. The van der Waals surface area contributed by atoms with Crippen LogP contribution < -0.4 is 20.1 Å². The van der Waals surface area contributed by atoms with E-state index in [4.69, 9.17) is 9.47 Å². The molecule has 0 unspecified atom stereocenters. The van der Waals surface area contributed by atoms with Crippen LogP contribution in [0.25, 0.3) is 0 Å². The van der Waals surface area contributed by atoms with Gasteiger partial charge in [-0.05, 0) is 61.4 Å². The normalized spacial score (nSPS) is 10.4. The molecule has 0 saturated heterocycles. The number of hydrogen-bond donors (Lipinski definition) is 2. The van der Waals surface area contributed by atoms with Gasteiger partial charge in [0.2, 0.25) is 5.91 Å². The first kappa shape index (κ1) is 22.6. The maximum Gasteiger partial charge on any atom is 0.243 e. The summed E-state index contributed by atoms with van der Waals surface area (Å²) in [6, 6.07) is 15.2. The molecular weight excluding hydrogens is 364 g/mol. The fourth-order valence-electron chi connectivity index (χ4n) is 2.74. The van der Waals surface area contributed by atoms with Gasteiger partial charge in [-0.25, -0.2) is 0 Å². The standard InChI is InChI=1S/C24H34N2O3/c1-3-5-7-8-18-29-23-15-11-21(12-16-23)26-24(27)19-25-20-9-13-22(14-10-20)28-17-6-4-2/h9-16,25H,3-8,17-19H2,1-2H3,(H,26,27). The number of unbranched alkanes of at least 4 members (excludes halogenated alkanes) is 4. The van der Waals surface area contributed by atoms with Crippen LogP contribution in [0.1, 0.15) is 52.4 Å². The van der Waals surface area contributed by atoms with Gasteiger partial charge in [-0.15, -0.1) is 0 Å². The first-order valence-electron chi connectivity index (χ1n) is 10.7. The van der Waals surface area contributed by atoms with Crippen LogP contribution in [0.2, 0.25) is 0 Å². The highest BCUT2D eigenvalue weighted by molar-refractivity contribution is 5.93. The summed E-state index contributed by atoms with van der Waals surface area (Å²) in [6.07, 6.45) is 6.91. The molecule has 29 heavy (non-hydrogen) atoms. The van der Waals surface area contributed by atoms with E-state index in [-0.39, 0.29) is 12.5 Å². The molecule has 0 fully saturated rings. The molecule has 158 valence electrons. The van der Waals surface area contributed by atoms with Gasteiger partial charge in [0.05, 0.1) is 19.8 Å². The number of amides is 1. The largest absolute Gasteiger partial charge is 0.494 e. The average Bonchev–Trinajstić information content (AvgIpc) is 2.74. The van der Waals surface area contributed by atoms with Crippen molar-refractivity contribution < 1.29 is 14.3 Å². The Kier molecular flexibility index (Phi) is 10.5. The van der Waals surface area contributed by atoms with E-state index < -0.39 is 0 Å². The van der Waals surface area contributed by atoms with Crippen LogP contribution in [-0.2, 0) is 4.79 Å². The molecule has 0 atom stereocenters. The van der Waals surface area contributed by atoms with E-state index in [1.165, 1.54) is 19.3 Å². The van der Waals surface area contributed by atoms with Crippen LogP contribution >= 0.6 is 0 Å². The second kappa shape index (κ2) is 13.5. The van der Waals surface area contributed by atoms with E-state index in [1.54, 1.807) is 0 Å². The lowest BCUT2D eigenvalue weighted by Gasteiger charge is -2.10. The van der Waals surface area contributed by atoms with Crippen molar-refractivity contribution in [2.45, 2.75) is 52.4 Å². The topological polar surface area (TPSA) is 59.6 Å². The van der Waals surface area contributed by atoms with Gasteiger partial charge < -0.3 is 20.1 Å². The van der Waals surface area contributed by atoms with Crippen LogP contribution in [0.5, 0.6) is 11.5 Å².